The number of aryl methyl sites for hydroxylation is 1. The quantitative estimate of drug-likeness (QED) is 0.133. The Morgan fingerprint density at radius 3 is 2.58 bits per heavy atom. The number of likely N-dealkylation sites (N-methyl/N-ethyl adjacent to an activating group) is 1. The van der Waals surface area contributed by atoms with E-state index in [0.29, 0.717) is 42.8 Å². The molecule has 67 heavy (non-hydrogen) atoms. The number of rotatable bonds is 10. The average molecular weight is 926 g/mol. The number of carbonyl (C=O) groups excluding carboxylic acids is 5. The number of methoxy groups -OCH3 is 1. The van der Waals surface area contributed by atoms with Gasteiger partial charge in [-0.2, -0.15) is 0 Å². The highest BCUT2D eigenvalue weighted by Crippen LogP contribution is 2.41. The second kappa shape index (κ2) is 19.6. The number of halogens is 2. The number of phenolic OH excluding ortho intramolecular Hbond substituents is 1. The normalized spacial score (nSPS) is 21.1. The van der Waals surface area contributed by atoms with Crippen LogP contribution in [0.5, 0.6) is 5.75 Å². The van der Waals surface area contributed by atoms with Crippen molar-refractivity contribution >= 4 is 40.5 Å². The summed E-state index contributed by atoms with van der Waals surface area (Å²) in [5, 5.41) is 15.9. The van der Waals surface area contributed by atoms with E-state index in [0.717, 1.165) is 38.3 Å². The zero-order chi connectivity index (χ0) is 48.5. The van der Waals surface area contributed by atoms with Crippen molar-refractivity contribution in [1.29, 1.82) is 0 Å². The maximum Gasteiger partial charge on any atom is 0.331 e. The van der Waals surface area contributed by atoms with Crippen molar-refractivity contribution in [2.24, 2.45) is 17.3 Å². The number of nitrogens with zero attached hydrogens (tertiary/aromatic N) is 5. The van der Waals surface area contributed by atoms with E-state index in [4.69, 9.17) is 9.47 Å². The fraction of sp³-hybridized carbons (Fsp3) is 0.480. The Bertz CT molecular complexity index is 2580. The number of hydrogen-bond donors (Lipinski definition) is 3. The lowest BCUT2D eigenvalue weighted by molar-refractivity contribution is -0.176. The van der Waals surface area contributed by atoms with Crippen LogP contribution in [0.25, 0.3) is 33.3 Å². The van der Waals surface area contributed by atoms with Crippen LogP contribution in [0.15, 0.2) is 67.4 Å². The number of nitrogens with one attached hydrogen (secondary N) is 2. The lowest BCUT2D eigenvalue weighted by Gasteiger charge is -2.40. The number of ether oxygens (including phenoxy) is 2. The summed E-state index contributed by atoms with van der Waals surface area (Å²) in [5.74, 6) is -8.14. The number of aromatic nitrogens is 2. The highest BCUT2D eigenvalue weighted by Gasteiger charge is 2.51. The minimum absolute atomic E-state index is 0.114. The number of amides is 4. The van der Waals surface area contributed by atoms with Crippen LogP contribution in [0.3, 0.4) is 0 Å². The van der Waals surface area contributed by atoms with Crippen LogP contribution in [-0.2, 0) is 59.4 Å². The number of alkyl halides is 2. The van der Waals surface area contributed by atoms with Crippen molar-refractivity contribution in [1.82, 2.24) is 35.1 Å². The van der Waals surface area contributed by atoms with Gasteiger partial charge < -0.3 is 34.3 Å². The molecule has 2 aromatic carbocycles. The van der Waals surface area contributed by atoms with Gasteiger partial charge in [-0.25, -0.2) is 14.2 Å². The Labute approximate surface area is 389 Å². The number of aromatic hydroxyl groups is 1. The molecule has 2 aromatic heterocycles. The number of pyridine rings is 1. The van der Waals surface area contributed by atoms with Crippen LogP contribution < -0.4 is 10.7 Å². The summed E-state index contributed by atoms with van der Waals surface area (Å²) in [6, 6.07) is 9.95. The lowest BCUT2D eigenvalue weighted by Crippen LogP contribution is -2.67. The second-order valence-electron chi connectivity index (χ2n) is 19.0. The molecule has 7 rings (SSSR count). The Morgan fingerprint density at radius 1 is 1.12 bits per heavy atom. The standard InChI is InChI=1S/C50H61F2N7O8/c1-9-41(61)57-18-15-32(26-57)46(63)56(7)42(29(3)4)45(62)54-38-22-30-20-33(23-34(60)21-30)31-13-14-40-36(24-31)37(43(58(40)10-2)35-12-11-17-53-39(35)27-66-8)25-49(5,6)28-67-48(65)44-50(51,52)16-19-59(55-44)47(38)64/h9,11-14,17,20-21,23-24,29,32,38,42,44,55,60H,1,10,15-16,18-19,22,25-28H2,2-8H3,(H,54,62)/t32-,38-,42-,44+/m0/s1. The highest BCUT2D eigenvalue weighted by atomic mass is 19.3. The van der Waals surface area contributed by atoms with Gasteiger partial charge in [0.2, 0.25) is 17.7 Å². The van der Waals surface area contributed by atoms with E-state index < -0.39 is 72.0 Å². The van der Waals surface area contributed by atoms with Crippen LogP contribution in [0.2, 0.25) is 0 Å². The second-order valence-corrected chi connectivity index (χ2v) is 19.0. The van der Waals surface area contributed by atoms with Crippen LogP contribution >= 0.6 is 0 Å². The van der Waals surface area contributed by atoms with Crippen molar-refractivity contribution in [3.63, 3.8) is 0 Å². The molecule has 3 N–H and O–H groups in total. The summed E-state index contributed by atoms with van der Waals surface area (Å²) in [6.07, 6.45) is 2.55. The number of hydrazine groups is 1. The number of benzene rings is 2. The number of phenols is 1. The topological polar surface area (TPSA) is 176 Å². The van der Waals surface area contributed by atoms with Crippen molar-refractivity contribution in [3.05, 3.63) is 84.2 Å². The van der Waals surface area contributed by atoms with Gasteiger partial charge in [0.25, 0.3) is 11.8 Å². The van der Waals surface area contributed by atoms with E-state index in [9.17, 15) is 29.1 Å². The van der Waals surface area contributed by atoms with Crippen LogP contribution in [0.1, 0.15) is 64.3 Å². The molecule has 15 nitrogen and oxygen atoms in total. The van der Waals surface area contributed by atoms with Crippen molar-refractivity contribution in [3.8, 4) is 28.1 Å². The highest BCUT2D eigenvalue weighted by molar-refractivity contribution is 5.96. The molecule has 4 aromatic rings. The van der Waals surface area contributed by atoms with Gasteiger partial charge in [0.1, 0.15) is 17.8 Å². The largest absolute Gasteiger partial charge is 0.508 e. The average Bonchev–Trinajstić information content (AvgIpc) is 3.90. The monoisotopic (exact) mass is 925 g/mol. The first-order valence-electron chi connectivity index (χ1n) is 22.8. The molecule has 0 radical (unpaired) electrons. The molecule has 3 aliphatic heterocycles. The predicted molar refractivity (Wildman–Crippen MR) is 247 cm³/mol. The molecule has 358 valence electrons. The molecule has 6 bridgehead atoms. The molecule has 0 aliphatic carbocycles. The predicted octanol–water partition coefficient (Wildman–Crippen LogP) is 5.65. The third-order valence-electron chi connectivity index (χ3n) is 13.1. The number of esters is 1. The number of hydrogen-bond acceptors (Lipinski definition) is 10. The van der Waals surface area contributed by atoms with Crippen LogP contribution in [0, 0.1) is 17.3 Å². The molecule has 5 heterocycles. The first-order chi connectivity index (χ1) is 31.8. The maximum absolute atomic E-state index is 15.8. The molecule has 17 heteroatoms. The van der Waals surface area contributed by atoms with Crippen molar-refractivity contribution in [2.75, 3.05) is 40.4 Å². The molecule has 0 saturated carbocycles. The van der Waals surface area contributed by atoms with E-state index in [1.165, 1.54) is 29.0 Å². The Hall–Kier alpha value is -6.20. The van der Waals surface area contributed by atoms with Crippen LogP contribution in [-0.4, -0.2) is 124 Å². The van der Waals surface area contributed by atoms with E-state index in [1.807, 2.05) is 51.1 Å². The van der Waals surface area contributed by atoms with Gasteiger partial charge >= 0.3 is 5.97 Å². The summed E-state index contributed by atoms with van der Waals surface area (Å²) in [6.45, 7) is 13.4. The lowest BCUT2D eigenvalue weighted by atomic mass is 9.84. The van der Waals surface area contributed by atoms with Gasteiger partial charge in [0.15, 0.2) is 6.04 Å². The Balaban J connectivity index is 1.33. The van der Waals surface area contributed by atoms with Gasteiger partial charge in [-0.05, 0) is 90.4 Å². The molecule has 3 aliphatic rings. The molecule has 4 amide bonds. The van der Waals surface area contributed by atoms with Crippen molar-refractivity contribution < 1.29 is 47.3 Å². The molecule has 0 spiro atoms. The van der Waals surface area contributed by atoms with E-state index in [-0.39, 0.29) is 43.7 Å². The molecule has 2 fully saturated rings. The fourth-order valence-corrected chi connectivity index (χ4v) is 9.80. The van der Waals surface area contributed by atoms with Gasteiger partial charge in [-0.1, -0.05) is 46.4 Å². The number of fused-ring (bicyclic) bond motifs is 6. The fourth-order valence-electron chi connectivity index (χ4n) is 9.80. The first-order valence-corrected chi connectivity index (χ1v) is 22.8. The Morgan fingerprint density at radius 2 is 1.88 bits per heavy atom. The molecule has 4 atom stereocenters. The molecule has 0 unspecified atom stereocenters. The van der Waals surface area contributed by atoms with Gasteiger partial charge in [-0.15, -0.1) is 0 Å². The van der Waals surface area contributed by atoms with E-state index in [1.54, 1.807) is 39.3 Å². The van der Waals surface area contributed by atoms with Gasteiger partial charge in [-0.3, -0.25) is 34.0 Å². The van der Waals surface area contributed by atoms with E-state index >= 15 is 8.78 Å². The van der Waals surface area contributed by atoms with Crippen molar-refractivity contribution in [2.45, 2.75) is 97.5 Å². The third kappa shape index (κ3) is 10.1. The SMILES string of the molecule is C=CC(=O)N1CC[C@H](C(=O)N(C)[C@H](C(=O)N[C@H]2Cc3cc(O)cc(c3)-c3ccc4c(c3)c(c(-c3cccnc3COC)n4CC)CC(C)(C)COC(=O)[C@H]3NN(CCC3(F)F)C2=O)C(C)C)C1. The summed E-state index contributed by atoms with van der Waals surface area (Å²) < 4.78 is 45.0. The summed E-state index contributed by atoms with van der Waals surface area (Å²) in [4.78, 5) is 76.6. The van der Waals surface area contributed by atoms with Gasteiger partial charge in [0.05, 0.1) is 30.5 Å². The zero-order valence-electron chi connectivity index (χ0n) is 39.2. The van der Waals surface area contributed by atoms with Crippen LogP contribution in [0.4, 0.5) is 8.78 Å². The summed E-state index contributed by atoms with van der Waals surface area (Å²) >= 11 is 0. The number of carbonyl (C=O) groups is 5. The zero-order valence-corrected chi connectivity index (χ0v) is 39.2. The Kier molecular flexibility index (Phi) is 14.2. The first kappa shape index (κ1) is 48.7. The summed E-state index contributed by atoms with van der Waals surface area (Å²) in [7, 11) is 3.10. The van der Waals surface area contributed by atoms with E-state index in [2.05, 4.69) is 26.9 Å². The summed E-state index contributed by atoms with van der Waals surface area (Å²) in [5.41, 5.74) is 7.70. The molecular weight excluding hydrogens is 865 g/mol. The smallest absolute Gasteiger partial charge is 0.331 e. The minimum atomic E-state index is -3.61. The van der Waals surface area contributed by atoms with Gasteiger partial charge in [0, 0.05) is 81.3 Å². The number of cyclic esters (lactones) is 1. The molecule has 2 saturated heterocycles. The molecular formula is C50H61F2N7O8. The minimum Gasteiger partial charge on any atom is -0.508 e. The maximum atomic E-state index is 15.8. The number of likely N-dealkylation sites (tertiary alicyclic amines) is 1. The third-order valence-corrected chi connectivity index (χ3v) is 13.1.